The van der Waals surface area contributed by atoms with Crippen molar-refractivity contribution >= 4 is 69.3 Å². The summed E-state index contributed by atoms with van der Waals surface area (Å²) in [5, 5.41) is 41.6. The minimum Gasteiger partial charge on any atom is -0.460 e. The van der Waals surface area contributed by atoms with Gasteiger partial charge in [-0.05, 0) is 142 Å². The zero-order chi connectivity index (χ0) is 90.1. The molecule has 696 valence electrons. The first kappa shape index (κ1) is 99.8. The number of allylic oxidation sites excluding steroid dienone is 5. The number of aliphatic hydroxyl groups is 3. The number of aliphatic hydroxyl groups excluding tert-OH is 2. The number of anilines is 2. The number of piperidine rings is 1. The highest BCUT2D eigenvalue weighted by Gasteiger charge is 2.53. The molecule has 1 aliphatic carbocycles. The Kier molecular flexibility index (Phi) is 40.5. The average molecular weight is 1760 g/mol. The number of amides is 2. The van der Waals surface area contributed by atoms with E-state index in [0.717, 1.165) is 23.1 Å². The molecule has 0 unspecified atom stereocenters. The first-order valence-corrected chi connectivity index (χ1v) is 44.8. The molecule has 10 rings (SSSR count). The van der Waals surface area contributed by atoms with Crippen molar-refractivity contribution in [3.63, 3.8) is 0 Å². The Labute approximate surface area is 739 Å². The number of oxazole rings is 1. The van der Waals surface area contributed by atoms with Crippen LogP contribution in [0.3, 0.4) is 0 Å². The van der Waals surface area contributed by atoms with E-state index in [-0.39, 0.29) is 79.8 Å². The van der Waals surface area contributed by atoms with Crippen LogP contribution in [0.4, 0.5) is 11.8 Å². The first-order chi connectivity index (χ1) is 60.9. The second-order valence-corrected chi connectivity index (χ2v) is 33.9. The van der Waals surface area contributed by atoms with Crippen molar-refractivity contribution in [2.75, 3.05) is 152 Å². The van der Waals surface area contributed by atoms with Crippen LogP contribution in [0.5, 0.6) is 0 Å². The second-order valence-electron chi connectivity index (χ2n) is 33.9. The van der Waals surface area contributed by atoms with Crippen LogP contribution in [0.2, 0.25) is 0 Å². The van der Waals surface area contributed by atoms with Gasteiger partial charge in [0.05, 0.1) is 142 Å². The number of carbonyl (C=O) groups is 6. The third-order valence-electron chi connectivity index (χ3n) is 24.5. The molecule has 7 heterocycles. The van der Waals surface area contributed by atoms with Crippen molar-refractivity contribution in [1.29, 1.82) is 0 Å². The van der Waals surface area contributed by atoms with Crippen molar-refractivity contribution < 1.29 is 115 Å². The van der Waals surface area contributed by atoms with Gasteiger partial charge in [-0.1, -0.05) is 95.3 Å². The van der Waals surface area contributed by atoms with Gasteiger partial charge in [-0.15, -0.1) is 0 Å². The van der Waals surface area contributed by atoms with E-state index in [0.29, 0.717) is 235 Å². The molecule has 4 aliphatic heterocycles. The summed E-state index contributed by atoms with van der Waals surface area (Å²) in [7, 11) is 4.52. The Balaban J connectivity index is 0.539. The molecule has 16 atom stereocenters. The van der Waals surface area contributed by atoms with E-state index in [1.807, 2.05) is 78.9 Å². The van der Waals surface area contributed by atoms with E-state index < -0.39 is 90.0 Å². The Hall–Kier alpha value is -8.36. The van der Waals surface area contributed by atoms with Crippen molar-refractivity contribution in [1.82, 2.24) is 34.5 Å². The molecule has 2 bridgehead atoms. The van der Waals surface area contributed by atoms with Crippen molar-refractivity contribution in [2.45, 2.75) is 218 Å². The highest BCUT2D eigenvalue weighted by Crippen LogP contribution is 2.40. The number of esters is 2. The number of Topliss-reactive ketones (excluding diaryl/α,β-unsaturated/α-hetero) is 2. The summed E-state index contributed by atoms with van der Waals surface area (Å²) in [6, 6.07) is 10.7. The first-order valence-electron chi connectivity index (χ1n) is 44.8. The minimum atomic E-state index is -2.46. The molecule has 5 aromatic rings. The monoisotopic (exact) mass is 1760 g/mol. The number of aromatic nitrogens is 5. The average Bonchev–Trinajstić information content (AvgIpc) is 1.68. The van der Waals surface area contributed by atoms with Crippen molar-refractivity contribution in [3.8, 4) is 11.3 Å². The Morgan fingerprint density at radius 1 is 0.690 bits per heavy atom. The Morgan fingerprint density at radius 2 is 1.36 bits per heavy atom. The van der Waals surface area contributed by atoms with Crippen LogP contribution in [0.25, 0.3) is 33.4 Å². The fourth-order valence-electron chi connectivity index (χ4n) is 17.1. The number of carbonyl (C=O) groups excluding carboxylic acids is 6. The molecule has 3 aromatic heterocycles. The van der Waals surface area contributed by atoms with Crippen LogP contribution < -0.4 is 11.5 Å². The largest absolute Gasteiger partial charge is 0.460 e. The maximum Gasteiger partial charge on any atom is 0.329 e. The zero-order valence-corrected chi connectivity index (χ0v) is 74.9. The molecule has 0 radical (unpaired) electrons. The Morgan fingerprint density at radius 3 is 2.02 bits per heavy atom. The van der Waals surface area contributed by atoms with Crippen LogP contribution in [0, 0.1) is 35.5 Å². The molecule has 2 saturated heterocycles. The molecule has 5 aliphatic rings. The van der Waals surface area contributed by atoms with E-state index in [1.54, 1.807) is 47.1 Å². The summed E-state index contributed by atoms with van der Waals surface area (Å²) in [5.41, 5.74) is 19.1. The topological polar surface area (TPSA) is 420 Å². The van der Waals surface area contributed by atoms with Crippen molar-refractivity contribution in [2.24, 2.45) is 35.5 Å². The van der Waals surface area contributed by atoms with Gasteiger partial charge in [-0.25, -0.2) is 19.4 Å². The number of ketones is 2. The lowest BCUT2D eigenvalue weighted by molar-refractivity contribution is -0.265. The standard InChI is InChI=1S/C93H135N9O24/c1-60-17-12-10-11-13-18-71(112-7)55-72-26-21-65(6)93(111,126-72)87(108)90(109)101-31-15-14-19-74(101)91(110)124-78(62(3)50-64(5)85(107)86(114-9)84(106)63(4)49-60)56-75(103)61(2)51-66-23-27-77(79(53-66)113-8)123-81(105)20-16-33-115-35-37-117-39-41-119-43-45-121-47-48-122-46-44-120-42-40-118-38-36-116-34-30-80(104)100-32-29-68-52-67(22-24-70(68)58-100)57-102-89-82(88(94)96-59-97-89)83(99-102)69-25-28-76-73(54-69)98-92(95)125-76/h10-13,17-18,22,24-25,28,50,52,54,59-63,65-66,71-72,74-75,77-79,85-86,103,107,111H,14-16,19-21,23,26-27,29-49,51,53,55-58H2,1-9H3,(H2,95,98)(H2,94,96,97)/b11-10+,17-12+,18-13+,64-50+/t60-,61-,62-,63-,65-,66+,71-,72+,74+,75+,77-,78-,79-,85-,86+,93-/m1/s1. The van der Waals surface area contributed by atoms with Gasteiger partial charge in [0.2, 0.25) is 11.7 Å². The smallest absolute Gasteiger partial charge is 0.329 e. The highest BCUT2D eigenvalue weighted by atomic mass is 16.6. The van der Waals surface area contributed by atoms with Gasteiger partial charge in [0.15, 0.2) is 17.0 Å². The van der Waals surface area contributed by atoms with Gasteiger partial charge in [-0.2, -0.15) is 10.1 Å². The second kappa shape index (κ2) is 51.1. The molecule has 7 N–H and O–H groups in total. The number of benzene rings is 2. The van der Waals surface area contributed by atoms with Gasteiger partial charge in [0, 0.05) is 90.2 Å². The number of nitrogens with two attached hydrogens (primary N) is 2. The lowest BCUT2D eigenvalue weighted by atomic mass is 9.78. The lowest BCUT2D eigenvalue weighted by Crippen LogP contribution is -2.60. The fraction of sp³-hybridized carbons (Fsp3) is 0.656. The molecule has 126 heavy (non-hydrogen) atoms. The highest BCUT2D eigenvalue weighted by molar-refractivity contribution is 6.39. The van der Waals surface area contributed by atoms with E-state index in [2.05, 4.69) is 33.2 Å². The summed E-state index contributed by atoms with van der Waals surface area (Å²) in [5.74, 6) is -7.86. The molecule has 2 aromatic carbocycles. The molecule has 1 saturated carbocycles. The van der Waals surface area contributed by atoms with Gasteiger partial charge < -0.3 is 107 Å². The molecular weight excluding hydrogens is 1630 g/mol. The van der Waals surface area contributed by atoms with Gasteiger partial charge in [0.25, 0.3) is 17.7 Å². The van der Waals surface area contributed by atoms with Crippen molar-refractivity contribution in [3.05, 3.63) is 108 Å². The number of methoxy groups -OCH3 is 3. The number of hydrogen-bond donors (Lipinski definition) is 5. The van der Waals surface area contributed by atoms with Crippen LogP contribution in [0.1, 0.15) is 155 Å². The predicted molar refractivity (Wildman–Crippen MR) is 468 cm³/mol. The summed E-state index contributed by atoms with van der Waals surface area (Å²) in [6.45, 7) is 18.7. The quantitative estimate of drug-likeness (QED) is 0.0105. The fourth-order valence-corrected chi connectivity index (χ4v) is 17.1. The molecule has 2 amide bonds. The van der Waals surface area contributed by atoms with Crippen LogP contribution in [0.15, 0.2) is 95.2 Å². The third kappa shape index (κ3) is 29.3. The summed E-state index contributed by atoms with van der Waals surface area (Å²) in [6.07, 6.45) is 14.7. The van der Waals surface area contributed by atoms with Gasteiger partial charge in [-0.3, -0.25) is 24.0 Å². The predicted octanol–water partition coefficient (Wildman–Crippen LogP) is 9.18. The number of hydrogen-bond acceptors (Lipinski definition) is 30. The summed E-state index contributed by atoms with van der Waals surface area (Å²) in [4.78, 5) is 100.0. The molecular formula is C93H135N9O24. The number of nitrogen functional groups attached to an aromatic ring is 2. The zero-order valence-electron chi connectivity index (χ0n) is 74.9. The van der Waals surface area contributed by atoms with Crippen LogP contribution >= 0.6 is 0 Å². The number of rotatable bonds is 40. The van der Waals surface area contributed by atoms with Crippen LogP contribution in [-0.2, 0) is 115 Å². The van der Waals surface area contributed by atoms with E-state index >= 15 is 0 Å². The molecule has 0 spiro atoms. The molecule has 33 heteroatoms. The normalized spacial score (nSPS) is 27.0. The Bertz CT molecular complexity index is 4400. The minimum absolute atomic E-state index is 0.00584. The maximum atomic E-state index is 14.7. The van der Waals surface area contributed by atoms with Gasteiger partial charge >= 0.3 is 11.9 Å². The summed E-state index contributed by atoms with van der Waals surface area (Å²) >= 11 is 0. The SMILES string of the molecule is CO[C@@H]1/C=C/C=C/C=C/[C@@H](C)C[C@@H](C)C(=O)[C@H](OC)[C@H](O)/C(C)=C/[C@@H](C)[C@@H](C[C@H](O)[C@H](C)C[C@@H]2CC[C@@H](OC(=O)CCCOCCOCCOCCOCCOCCOCCOCCOCCC(=O)N3CCc4cc(Cn5nc(-c6ccc7oc(N)nc7c6)c6c(N)ncnc65)ccc4C3)[C@H](OC)C2)OC(=O)[C@@H]2CCCCN2C(=O)C(=O)[C@]2(O)O[C@@H](CC[C@H]2C)C1. The summed E-state index contributed by atoms with van der Waals surface area (Å²) < 4.78 is 88.3. The van der Waals surface area contributed by atoms with Crippen LogP contribution in [-0.4, -0.2) is 286 Å². The number of nitrogens with zero attached hydrogens (tertiary/aromatic N) is 7. The number of cyclic esters (lactones) is 1. The molecule has 33 nitrogen and oxygen atoms in total. The maximum absolute atomic E-state index is 14.7. The van der Waals surface area contributed by atoms with E-state index in [1.165, 1.54) is 23.9 Å². The van der Waals surface area contributed by atoms with Gasteiger partial charge in [0.1, 0.15) is 53.8 Å². The number of fused-ring (bicyclic) bond motifs is 6. The third-order valence-corrected chi connectivity index (χ3v) is 24.5. The lowest BCUT2D eigenvalue weighted by Gasteiger charge is -2.42. The molecule has 3 fully saturated rings. The van der Waals surface area contributed by atoms with E-state index in [4.69, 9.17) is 87.3 Å². The number of ether oxygens (including phenoxy) is 14. The van der Waals surface area contributed by atoms with E-state index in [9.17, 15) is 44.1 Å².